The lowest BCUT2D eigenvalue weighted by atomic mass is 9.91. The largest absolute Gasteiger partial charge is 0.367 e. The van der Waals surface area contributed by atoms with E-state index in [0.29, 0.717) is 10.8 Å². The Kier molecular flexibility index (Phi) is 5.17. The number of aromatic nitrogens is 4. The third-order valence-corrected chi connectivity index (χ3v) is 5.34. The second-order valence-electron chi connectivity index (χ2n) is 7.38. The molecule has 7 nitrogen and oxygen atoms in total. The monoisotopic (exact) mass is 398 g/mol. The van der Waals surface area contributed by atoms with E-state index < -0.39 is 0 Å². The number of carbonyl (C=O) groups is 1. The summed E-state index contributed by atoms with van der Waals surface area (Å²) in [5, 5.41) is 8.06. The average Bonchev–Trinajstić information content (AvgIpc) is 3.06. The molecule has 1 amide bonds. The first-order valence-electron chi connectivity index (χ1n) is 9.50. The zero-order valence-electron chi connectivity index (χ0n) is 15.9. The minimum atomic E-state index is 0.0257. The van der Waals surface area contributed by atoms with Gasteiger partial charge in [-0.25, -0.2) is 15.0 Å². The van der Waals surface area contributed by atoms with E-state index in [1.807, 2.05) is 25.4 Å². The number of nitrogens with one attached hydrogen (secondary N) is 3. The molecule has 2 atom stereocenters. The Morgan fingerprint density at radius 2 is 2.07 bits per heavy atom. The molecule has 1 aliphatic carbocycles. The standard InChI is InChI=1S/C20H23ClN6O/c1-11-8-22-20(17-10-24-19-16(17)6-13(21)9-23-19)27-18(11)26-15-5-3-4-14(7-15)25-12(2)28/h6,8-10,14-15H,3-5,7H2,1-2H3,(H,23,24)(H,25,28)(H,22,26,27). The van der Waals surface area contributed by atoms with E-state index in [4.69, 9.17) is 16.6 Å². The molecule has 1 saturated carbocycles. The summed E-state index contributed by atoms with van der Waals surface area (Å²) in [6.07, 6.45) is 9.35. The molecule has 0 aromatic carbocycles. The lowest BCUT2D eigenvalue weighted by molar-refractivity contribution is -0.119. The van der Waals surface area contributed by atoms with Crippen LogP contribution >= 0.6 is 11.6 Å². The molecule has 0 spiro atoms. The summed E-state index contributed by atoms with van der Waals surface area (Å²) >= 11 is 6.11. The molecule has 2 unspecified atom stereocenters. The van der Waals surface area contributed by atoms with Crippen LogP contribution in [0.4, 0.5) is 5.82 Å². The van der Waals surface area contributed by atoms with Crippen LogP contribution < -0.4 is 10.6 Å². The molecule has 146 valence electrons. The number of aromatic amines is 1. The maximum atomic E-state index is 11.4. The minimum Gasteiger partial charge on any atom is -0.367 e. The molecule has 3 heterocycles. The SMILES string of the molecule is CC(=O)NC1CCCC(Nc2nc(-c3c[nH]c4ncc(Cl)cc34)ncc2C)C1. The van der Waals surface area contributed by atoms with Crippen LogP contribution in [0.25, 0.3) is 22.4 Å². The number of rotatable bonds is 4. The van der Waals surface area contributed by atoms with Crippen molar-refractivity contribution in [2.24, 2.45) is 0 Å². The normalized spacial score (nSPS) is 19.5. The molecule has 1 fully saturated rings. The van der Waals surface area contributed by atoms with Gasteiger partial charge in [0, 0.05) is 54.1 Å². The van der Waals surface area contributed by atoms with Crippen molar-refractivity contribution in [2.45, 2.75) is 51.6 Å². The van der Waals surface area contributed by atoms with Gasteiger partial charge in [-0.2, -0.15) is 0 Å². The van der Waals surface area contributed by atoms with Crippen molar-refractivity contribution in [3.05, 3.63) is 35.2 Å². The van der Waals surface area contributed by atoms with Crippen LogP contribution in [0.2, 0.25) is 5.02 Å². The molecule has 3 N–H and O–H groups in total. The number of H-pyrrole nitrogens is 1. The number of carbonyl (C=O) groups excluding carboxylic acids is 1. The van der Waals surface area contributed by atoms with E-state index in [1.165, 1.54) is 0 Å². The van der Waals surface area contributed by atoms with Crippen molar-refractivity contribution in [1.82, 2.24) is 25.3 Å². The predicted octanol–water partition coefficient (Wildman–Crippen LogP) is 3.84. The van der Waals surface area contributed by atoms with Gasteiger partial charge in [0.25, 0.3) is 0 Å². The van der Waals surface area contributed by atoms with Gasteiger partial charge in [-0.1, -0.05) is 11.6 Å². The Morgan fingerprint density at radius 3 is 2.89 bits per heavy atom. The van der Waals surface area contributed by atoms with Gasteiger partial charge in [-0.05, 0) is 38.7 Å². The number of amides is 1. The van der Waals surface area contributed by atoms with Crippen LogP contribution in [0.5, 0.6) is 0 Å². The summed E-state index contributed by atoms with van der Waals surface area (Å²) in [7, 11) is 0. The van der Waals surface area contributed by atoms with Crippen LogP contribution in [0, 0.1) is 6.92 Å². The number of aryl methyl sites for hydroxylation is 1. The lowest BCUT2D eigenvalue weighted by Crippen LogP contribution is -2.41. The Balaban J connectivity index is 1.59. The van der Waals surface area contributed by atoms with E-state index in [0.717, 1.165) is 53.7 Å². The molecule has 0 radical (unpaired) electrons. The topological polar surface area (TPSA) is 95.6 Å². The van der Waals surface area contributed by atoms with Crippen molar-refractivity contribution >= 4 is 34.4 Å². The number of hydrogen-bond acceptors (Lipinski definition) is 5. The van der Waals surface area contributed by atoms with E-state index in [2.05, 4.69) is 25.6 Å². The fourth-order valence-corrected chi connectivity index (χ4v) is 3.97. The van der Waals surface area contributed by atoms with Gasteiger partial charge in [0.05, 0.1) is 5.02 Å². The third kappa shape index (κ3) is 3.94. The van der Waals surface area contributed by atoms with Crippen LogP contribution in [0.15, 0.2) is 24.7 Å². The summed E-state index contributed by atoms with van der Waals surface area (Å²) in [6.45, 7) is 3.56. The number of hydrogen-bond donors (Lipinski definition) is 3. The third-order valence-electron chi connectivity index (χ3n) is 5.13. The van der Waals surface area contributed by atoms with Gasteiger partial charge in [0.2, 0.25) is 5.91 Å². The molecule has 3 aromatic heterocycles. The van der Waals surface area contributed by atoms with Gasteiger partial charge in [-0.3, -0.25) is 4.79 Å². The number of halogens is 1. The Morgan fingerprint density at radius 1 is 1.25 bits per heavy atom. The highest BCUT2D eigenvalue weighted by atomic mass is 35.5. The van der Waals surface area contributed by atoms with Gasteiger partial charge < -0.3 is 15.6 Å². The summed E-state index contributed by atoms with van der Waals surface area (Å²) in [4.78, 5) is 28.1. The Bertz CT molecular complexity index is 1020. The summed E-state index contributed by atoms with van der Waals surface area (Å²) in [6, 6.07) is 2.35. The highest BCUT2D eigenvalue weighted by molar-refractivity contribution is 6.31. The first-order valence-corrected chi connectivity index (χ1v) is 9.87. The van der Waals surface area contributed by atoms with Crippen LogP contribution in [0.1, 0.15) is 38.2 Å². The maximum absolute atomic E-state index is 11.4. The number of anilines is 1. The van der Waals surface area contributed by atoms with Gasteiger partial charge in [-0.15, -0.1) is 0 Å². The Labute approximate surface area is 168 Å². The average molecular weight is 399 g/mol. The molecule has 28 heavy (non-hydrogen) atoms. The molecular formula is C20H23ClN6O. The summed E-state index contributed by atoms with van der Waals surface area (Å²) in [5.41, 5.74) is 2.61. The number of nitrogens with zero attached hydrogens (tertiary/aromatic N) is 3. The molecule has 3 aromatic rings. The molecule has 0 aliphatic heterocycles. The number of fused-ring (bicyclic) bond motifs is 1. The van der Waals surface area contributed by atoms with Crippen molar-refractivity contribution in [3.63, 3.8) is 0 Å². The second-order valence-corrected chi connectivity index (χ2v) is 7.82. The lowest BCUT2D eigenvalue weighted by Gasteiger charge is -2.30. The molecule has 0 saturated heterocycles. The minimum absolute atomic E-state index is 0.0257. The highest BCUT2D eigenvalue weighted by Crippen LogP contribution is 2.29. The van der Waals surface area contributed by atoms with Crippen LogP contribution in [-0.4, -0.2) is 37.9 Å². The van der Waals surface area contributed by atoms with E-state index in [9.17, 15) is 4.79 Å². The quantitative estimate of drug-likeness (QED) is 0.620. The highest BCUT2D eigenvalue weighted by Gasteiger charge is 2.23. The van der Waals surface area contributed by atoms with E-state index in [1.54, 1.807) is 13.1 Å². The first kappa shape index (κ1) is 18.7. The smallest absolute Gasteiger partial charge is 0.217 e. The number of pyridine rings is 1. The van der Waals surface area contributed by atoms with Gasteiger partial charge >= 0.3 is 0 Å². The zero-order valence-corrected chi connectivity index (χ0v) is 16.7. The summed E-state index contributed by atoms with van der Waals surface area (Å²) in [5.74, 6) is 1.47. The van der Waals surface area contributed by atoms with Crippen molar-refractivity contribution in [2.75, 3.05) is 5.32 Å². The van der Waals surface area contributed by atoms with Gasteiger partial charge in [0.15, 0.2) is 5.82 Å². The van der Waals surface area contributed by atoms with E-state index in [-0.39, 0.29) is 18.0 Å². The first-order chi connectivity index (χ1) is 13.5. The molecule has 4 rings (SSSR count). The molecule has 0 bridgehead atoms. The molecule has 8 heteroatoms. The van der Waals surface area contributed by atoms with E-state index >= 15 is 0 Å². The predicted molar refractivity (Wildman–Crippen MR) is 110 cm³/mol. The molecule has 1 aliphatic rings. The van der Waals surface area contributed by atoms with Crippen LogP contribution in [-0.2, 0) is 4.79 Å². The fraction of sp³-hybridized carbons (Fsp3) is 0.400. The second kappa shape index (κ2) is 7.75. The van der Waals surface area contributed by atoms with Crippen molar-refractivity contribution in [3.8, 4) is 11.4 Å². The van der Waals surface area contributed by atoms with Crippen LogP contribution in [0.3, 0.4) is 0 Å². The fourth-order valence-electron chi connectivity index (χ4n) is 3.81. The van der Waals surface area contributed by atoms with Crippen molar-refractivity contribution < 1.29 is 4.79 Å². The summed E-state index contributed by atoms with van der Waals surface area (Å²) < 4.78 is 0. The zero-order chi connectivity index (χ0) is 19.7. The Hall–Kier alpha value is -2.67. The molecular weight excluding hydrogens is 376 g/mol. The maximum Gasteiger partial charge on any atom is 0.217 e. The van der Waals surface area contributed by atoms with Crippen molar-refractivity contribution in [1.29, 1.82) is 0 Å². The van der Waals surface area contributed by atoms with Gasteiger partial charge in [0.1, 0.15) is 11.5 Å².